The van der Waals surface area contributed by atoms with Crippen LogP contribution in [0.15, 0.2) is 27.8 Å². The van der Waals surface area contributed by atoms with Crippen molar-refractivity contribution in [3.8, 4) is 5.69 Å². The molecular weight excluding hydrogens is 330 g/mol. The van der Waals surface area contributed by atoms with Gasteiger partial charge in [0.1, 0.15) is 5.82 Å². The van der Waals surface area contributed by atoms with Crippen molar-refractivity contribution in [1.29, 1.82) is 0 Å². The van der Waals surface area contributed by atoms with E-state index in [1.165, 1.54) is 6.92 Å². The standard InChI is InChI=1S/C12H8ClF4N3O2/c1-5-2-8(7(14)3-6(5)13)19-10(21)4-9(12(15,16)17)20(18)11(19)22/h2-4H,18H2,1H3. The van der Waals surface area contributed by atoms with Gasteiger partial charge in [-0.1, -0.05) is 11.6 Å². The second kappa shape index (κ2) is 5.16. The Balaban J connectivity index is 2.85. The summed E-state index contributed by atoms with van der Waals surface area (Å²) in [6.45, 7) is 1.47. The van der Waals surface area contributed by atoms with E-state index in [0.717, 1.165) is 12.1 Å². The first-order chi connectivity index (χ1) is 10.0. The van der Waals surface area contributed by atoms with Gasteiger partial charge in [0.15, 0.2) is 5.69 Å². The molecule has 2 aromatic rings. The largest absolute Gasteiger partial charge is 0.433 e. The summed E-state index contributed by atoms with van der Waals surface area (Å²) in [6, 6.07) is 2.02. The third kappa shape index (κ3) is 2.59. The summed E-state index contributed by atoms with van der Waals surface area (Å²) in [7, 11) is 0. The fraction of sp³-hybridized carbons (Fsp3) is 0.167. The van der Waals surface area contributed by atoms with Crippen LogP contribution >= 0.6 is 11.6 Å². The molecular formula is C12H8ClF4N3O2. The maximum atomic E-state index is 13.9. The predicted molar refractivity (Wildman–Crippen MR) is 71.2 cm³/mol. The Kier molecular flexibility index (Phi) is 3.78. The van der Waals surface area contributed by atoms with Crippen LogP contribution in [0, 0.1) is 12.7 Å². The summed E-state index contributed by atoms with van der Waals surface area (Å²) in [4.78, 5) is 23.7. The Hall–Kier alpha value is -2.29. The Morgan fingerprint density at radius 3 is 2.32 bits per heavy atom. The first-order valence-electron chi connectivity index (χ1n) is 5.71. The summed E-state index contributed by atoms with van der Waals surface area (Å²) < 4.78 is 51.8. The quantitative estimate of drug-likeness (QED) is 0.637. The van der Waals surface area contributed by atoms with Crippen LogP contribution in [-0.4, -0.2) is 9.24 Å². The predicted octanol–water partition coefficient (Wildman–Crippen LogP) is 1.83. The van der Waals surface area contributed by atoms with Gasteiger partial charge in [-0.25, -0.2) is 18.4 Å². The maximum Gasteiger partial charge on any atom is 0.433 e. The highest BCUT2D eigenvalue weighted by atomic mass is 35.5. The van der Waals surface area contributed by atoms with Crippen LogP contribution in [-0.2, 0) is 6.18 Å². The normalized spacial score (nSPS) is 11.7. The van der Waals surface area contributed by atoms with Crippen LogP contribution in [0.4, 0.5) is 17.6 Å². The fourth-order valence-electron chi connectivity index (χ4n) is 1.81. The summed E-state index contributed by atoms with van der Waals surface area (Å²) in [6.07, 6.45) is -5.00. The molecule has 0 aliphatic heterocycles. The molecule has 0 spiro atoms. The van der Waals surface area contributed by atoms with E-state index in [1.54, 1.807) is 0 Å². The monoisotopic (exact) mass is 337 g/mol. The van der Waals surface area contributed by atoms with Gasteiger partial charge in [0.25, 0.3) is 5.56 Å². The molecule has 1 aromatic heterocycles. The van der Waals surface area contributed by atoms with Crippen LogP contribution in [0.3, 0.4) is 0 Å². The second-order valence-corrected chi connectivity index (χ2v) is 4.81. The molecule has 2 rings (SSSR count). The molecule has 0 atom stereocenters. The van der Waals surface area contributed by atoms with Crippen LogP contribution < -0.4 is 17.1 Å². The zero-order valence-corrected chi connectivity index (χ0v) is 11.7. The molecule has 1 aromatic carbocycles. The lowest BCUT2D eigenvalue weighted by Gasteiger charge is -2.14. The van der Waals surface area contributed by atoms with Crippen molar-refractivity contribution < 1.29 is 17.6 Å². The van der Waals surface area contributed by atoms with Crippen molar-refractivity contribution in [2.45, 2.75) is 13.1 Å². The van der Waals surface area contributed by atoms with Gasteiger partial charge in [0, 0.05) is 11.1 Å². The molecule has 2 N–H and O–H groups in total. The third-order valence-corrected chi connectivity index (χ3v) is 3.30. The lowest BCUT2D eigenvalue weighted by molar-refractivity contribution is -0.143. The van der Waals surface area contributed by atoms with Crippen LogP contribution in [0.5, 0.6) is 0 Å². The van der Waals surface area contributed by atoms with E-state index in [-0.39, 0.29) is 20.3 Å². The van der Waals surface area contributed by atoms with Gasteiger partial charge in [0.05, 0.1) is 5.69 Å². The number of halogens is 5. The number of aromatic nitrogens is 2. The Labute approximate surface area is 125 Å². The summed E-state index contributed by atoms with van der Waals surface area (Å²) in [5.74, 6) is 4.02. The fourth-order valence-corrected chi connectivity index (χ4v) is 1.96. The molecule has 0 aliphatic carbocycles. The van der Waals surface area contributed by atoms with Gasteiger partial charge in [-0.3, -0.25) is 4.79 Å². The van der Waals surface area contributed by atoms with E-state index >= 15 is 0 Å². The number of rotatable bonds is 1. The Morgan fingerprint density at radius 1 is 1.18 bits per heavy atom. The molecule has 0 unspecified atom stereocenters. The first kappa shape index (κ1) is 16.1. The van der Waals surface area contributed by atoms with Gasteiger partial charge in [-0.2, -0.15) is 13.2 Å². The molecule has 0 saturated carbocycles. The zero-order valence-electron chi connectivity index (χ0n) is 10.9. The zero-order chi connectivity index (χ0) is 16.8. The highest BCUT2D eigenvalue weighted by Crippen LogP contribution is 2.27. The highest BCUT2D eigenvalue weighted by Gasteiger charge is 2.36. The number of nitrogens with two attached hydrogens (primary N) is 1. The minimum Gasteiger partial charge on any atom is -0.335 e. The van der Waals surface area contributed by atoms with E-state index in [0.29, 0.717) is 5.56 Å². The molecule has 22 heavy (non-hydrogen) atoms. The number of nitrogen functional groups attached to an aromatic ring is 1. The molecule has 0 bridgehead atoms. The van der Waals surface area contributed by atoms with Crippen molar-refractivity contribution in [3.05, 3.63) is 61.1 Å². The van der Waals surface area contributed by atoms with E-state index in [9.17, 15) is 27.2 Å². The molecule has 0 aliphatic rings. The van der Waals surface area contributed by atoms with Gasteiger partial charge < -0.3 is 5.84 Å². The molecule has 5 nitrogen and oxygen atoms in total. The van der Waals surface area contributed by atoms with Gasteiger partial charge >= 0.3 is 11.9 Å². The molecule has 1 heterocycles. The van der Waals surface area contributed by atoms with Crippen molar-refractivity contribution in [1.82, 2.24) is 9.24 Å². The van der Waals surface area contributed by atoms with Crippen LogP contribution in [0.1, 0.15) is 11.3 Å². The van der Waals surface area contributed by atoms with Crippen molar-refractivity contribution in [2.75, 3.05) is 5.84 Å². The average Bonchev–Trinajstić information content (AvgIpc) is 2.38. The summed E-state index contributed by atoms with van der Waals surface area (Å²) in [5, 5.41) is 0.0364. The van der Waals surface area contributed by atoms with Crippen molar-refractivity contribution >= 4 is 11.6 Å². The SMILES string of the molecule is Cc1cc(-n2c(=O)cc(C(F)(F)F)n(N)c2=O)c(F)cc1Cl. The number of hydrogen-bond acceptors (Lipinski definition) is 3. The number of benzene rings is 1. The summed E-state index contributed by atoms with van der Waals surface area (Å²) in [5.41, 5.74) is -4.73. The number of alkyl halides is 3. The minimum absolute atomic E-state index is 0.0364. The molecule has 10 heteroatoms. The number of aryl methyl sites for hydroxylation is 1. The van der Waals surface area contributed by atoms with Gasteiger partial charge in [0.2, 0.25) is 0 Å². The smallest absolute Gasteiger partial charge is 0.335 e. The van der Waals surface area contributed by atoms with E-state index in [2.05, 4.69) is 0 Å². The average molecular weight is 338 g/mol. The number of nitrogens with zero attached hydrogens (tertiary/aromatic N) is 2. The van der Waals surface area contributed by atoms with Crippen molar-refractivity contribution in [3.63, 3.8) is 0 Å². The molecule has 0 fully saturated rings. The highest BCUT2D eigenvalue weighted by molar-refractivity contribution is 6.31. The first-order valence-corrected chi connectivity index (χ1v) is 6.09. The Bertz CT molecular complexity index is 870. The van der Waals surface area contributed by atoms with E-state index in [4.69, 9.17) is 17.4 Å². The minimum atomic E-state index is -5.00. The maximum absolute atomic E-state index is 13.9. The summed E-state index contributed by atoms with van der Waals surface area (Å²) >= 11 is 5.69. The molecule has 0 amide bonds. The van der Waals surface area contributed by atoms with E-state index < -0.39 is 34.6 Å². The van der Waals surface area contributed by atoms with Crippen LogP contribution in [0.2, 0.25) is 5.02 Å². The Morgan fingerprint density at radius 2 is 1.77 bits per heavy atom. The third-order valence-electron chi connectivity index (χ3n) is 2.90. The van der Waals surface area contributed by atoms with Gasteiger partial charge in [-0.05, 0) is 24.6 Å². The van der Waals surface area contributed by atoms with Gasteiger partial charge in [-0.15, -0.1) is 0 Å². The molecule has 118 valence electrons. The van der Waals surface area contributed by atoms with E-state index in [1.807, 2.05) is 0 Å². The lowest BCUT2D eigenvalue weighted by atomic mass is 10.2. The lowest BCUT2D eigenvalue weighted by Crippen LogP contribution is -2.45. The molecule has 0 saturated heterocycles. The topological polar surface area (TPSA) is 70.0 Å². The van der Waals surface area contributed by atoms with Crippen molar-refractivity contribution in [2.24, 2.45) is 0 Å². The second-order valence-electron chi connectivity index (χ2n) is 4.41. The van der Waals surface area contributed by atoms with Crippen LogP contribution in [0.25, 0.3) is 5.69 Å². The number of hydrogen-bond donors (Lipinski definition) is 1. The molecule has 0 radical (unpaired) electrons.